The third-order valence-electron chi connectivity index (χ3n) is 5.23. The Kier molecular flexibility index (Phi) is 7.10. The summed E-state index contributed by atoms with van der Waals surface area (Å²) in [6.07, 6.45) is 2.50. The molecule has 1 saturated heterocycles. The van der Waals surface area contributed by atoms with Gasteiger partial charge in [0.05, 0.1) is 28.8 Å². The van der Waals surface area contributed by atoms with Gasteiger partial charge in [-0.2, -0.15) is 4.31 Å². The highest BCUT2D eigenvalue weighted by Crippen LogP contribution is 2.43. The molecule has 168 valence electrons. The summed E-state index contributed by atoms with van der Waals surface area (Å²) < 4.78 is 53.1. The first kappa shape index (κ1) is 24.8. The van der Waals surface area contributed by atoms with Gasteiger partial charge >= 0.3 is 0 Å². The lowest BCUT2D eigenvalue weighted by Crippen LogP contribution is -2.42. The van der Waals surface area contributed by atoms with E-state index in [0.717, 1.165) is 16.1 Å². The van der Waals surface area contributed by atoms with Crippen LogP contribution in [0.2, 0.25) is 0 Å². The molecular weight excluding hydrogens is 450 g/mol. The maximum atomic E-state index is 13.3. The molecule has 2 aliphatic rings. The maximum absolute atomic E-state index is 13.3. The van der Waals surface area contributed by atoms with E-state index in [-0.39, 0.29) is 35.5 Å². The number of fused-ring (bicyclic) bond motifs is 1. The minimum atomic E-state index is -3.90. The largest absolute Gasteiger partial charge is 0.305 e. The zero-order chi connectivity index (χ0) is 21.7. The first-order chi connectivity index (χ1) is 13.4. The lowest BCUT2D eigenvalue weighted by Gasteiger charge is -2.28. The van der Waals surface area contributed by atoms with Crippen molar-refractivity contribution < 1.29 is 21.6 Å². The van der Waals surface area contributed by atoms with Gasteiger partial charge in [-0.05, 0) is 43.8 Å². The minimum absolute atomic E-state index is 0. The van der Waals surface area contributed by atoms with Crippen LogP contribution in [0.5, 0.6) is 0 Å². The number of hydrogen-bond donors (Lipinski definition) is 0. The Morgan fingerprint density at radius 2 is 1.67 bits per heavy atom. The van der Waals surface area contributed by atoms with Crippen LogP contribution in [0, 0.1) is 11.8 Å². The summed E-state index contributed by atoms with van der Waals surface area (Å²) in [6.45, 7) is 4.31. The molecule has 0 aromatic heterocycles. The molecule has 8 nitrogen and oxygen atoms in total. The van der Waals surface area contributed by atoms with Crippen LogP contribution in [-0.2, 0) is 31.4 Å². The van der Waals surface area contributed by atoms with Crippen molar-refractivity contribution in [3.63, 3.8) is 0 Å². The van der Waals surface area contributed by atoms with Crippen LogP contribution in [0.15, 0.2) is 40.9 Å². The Morgan fingerprint density at radius 1 is 1.10 bits per heavy atom. The van der Waals surface area contributed by atoms with Crippen molar-refractivity contribution in [1.29, 1.82) is 0 Å². The van der Waals surface area contributed by atoms with Crippen molar-refractivity contribution in [1.82, 2.24) is 13.5 Å². The minimum Gasteiger partial charge on any atom is -0.305 e. The number of nitrogens with zero attached hydrogens (tertiary/aromatic N) is 3. The number of carbonyl (C=O) groups excluding carboxylic acids is 1. The Labute approximate surface area is 185 Å². The van der Waals surface area contributed by atoms with Crippen LogP contribution in [-0.4, -0.2) is 69.2 Å². The SMILES string of the molecule is CC(C)[C@H]1C(=O)N(S(C)(=O)=O)C2=CCN(S(=O)(=O)c3ccc(CN(C)C)cc3)[C@@H]21.Cl. The van der Waals surface area contributed by atoms with Crippen LogP contribution >= 0.6 is 12.4 Å². The molecule has 0 spiro atoms. The molecular formula is C19H28ClN3O5S2. The number of benzene rings is 1. The van der Waals surface area contributed by atoms with Crippen LogP contribution in [0.3, 0.4) is 0 Å². The van der Waals surface area contributed by atoms with Crippen LogP contribution in [0.25, 0.3) is 0 Å². The summed E-state index contributed by atoms with van der Waals surface area (Å²) in [5.74, 6) is -1.54. The molecule has 1 amide bonds. The van der Waals surface area contributed by atoms with E-state index in [0.29, 0.717) is 6.54 Å². The number of carbonyl (C=O) groups is 1. The number of amides is 1. The van der Waals surface area contributed by atoms with Crippen LogP contribution in [0.4, 0.5) is 0 Å². The highest BCUT2D eigenvalue weighted by atomic mass is 35.5. The lowest BCUT2D eigenvalue weighted by atomic mass is 9.90. The molecule has 0 aliphatic carbocycles. The zero-order valence-electron chi connectivity index (χ0n) is 17.6. The van der Waals surface area contributed by atoms with Crippen molar-refractivity contribution in [2.24, 2.45) is 11.8 Å². The van der Waals surface area contributed by atoms with E-state index in [1.165, 1.54) is 10.4 Å². The van der Waals surface area contributed by atoms with Gasteiger partial charge in [-0.25, -0.2) is 21.1 Å². The molecule has 2 heterocycles. The fourth-order valence-corrected chi connectivity index (χ4v) is 6.62. The van der Waals surface area contributed by atoms with Crippen molar-refractivity contribution >= 4 is 38.4 Å². The molecule has 1 aromatic carbocycles. The van der Waals surface area contributed by atoms with Crippen molar-refractivity contribution in [2.45, 2.75) is 31.3 Å². The molecule has 30 heavy (non-hydrogen) atoms. The Hall–Kier alpha value is -1.46. The molecule has 11 heteroatoms. The van der Waals surface area contributed by atoms with E-state index in [1.54, 1.807) is 38.1 Å². The van der Waals surface area contributed by atoms with E-state index in [4.69, 9.17) is 0 Å². The average molecular weight is 478 g/mol. The monoisotopic (exact) mass is 477 g/mol. The Morgan fingerprint density at radius 3 is 2.13 bits per heavy atom. The smallest absolute Gasteiger partial charge is 0.245 e. The van der Waals surface area contributed by atoms with Gasteiger partial charge in [0, 0.05) is 13.1 Å². The fraction of sp³-hybridized carbons (Fsp3) is 0.526. The zero-order valence-corrected chi connectivity index (χ0v) is 20.1. The van der Waals surface area contributed by atoms with Crippen LogP contribution < -0.4 is 0 Å². The van der Waals surface area contributed by atoms with Gasteiger partial charge in [0.1, 0.15) is 0 Å². The van der Waals surface area contributed by atoms with E-state index < -0.39 is 37.9 Å². The summed E-state index contributed by atoms with van der Waals surface area (Å²) >= 11 is 0. The Balaban J connectivity index is 0.00000320. The van der Waals surface area contributed by atoms with E-state index in [1.807, 2.05) is 19.0 Å². The van der Waals surface area contributed by atoms with Gasteiger partial charge in [0.15, 0.2) is 0 Å². The van der Waals surface area contributed by atoms with Gasteiger partial charge in [-0.3, -0.25) is 4.79 Å². The predicted molar refractivity (Wildman–Crippen MR) is 117 cm³/mol. The molecule has 3 rings (SSSR count). The quantitative estimate of drug-likeness (QED) is 0.616. The molecule has 1 aromatic rings. The maximum Gasteiger partial charge on any atom is 0.245 e. The second kappa shape index (κ2) is 8.58. The van der Waals surface area contributed by atoms with Gasteiger partial charge < -0.3 is 4.90 Å². The van der Waals surface area contributed by atoms with Crippen molar-refractivity contribution in [3.8, 4) is 0 Å². The molecule has 2 atom stereocenters. The average Bonchev–Trinajstić information content (AvgIpc) is 3.10. The molecule has 1 fully saturated rings. The van der Waals surface area contributed by atoms with E-state index >= 15 is 0 Å². The number of sulfonamides is 2. The molecule has 0 bridgehead atoms. The van der Waals surface area contributed by atoms with Gasteiger partial charge in [0.2, 0.25) is 26.0 Å². The first-order valence-corrected chi connectivity index (χ1v) is 12.6. The highest BCUT2D eigenvalue weighted by Gasteiger charge is 2.56. The number of rotatable bonds is 6. The topological polar surface area (TPSA) is 95.1 Å². The normalized spacial score (nSPS) is 22.4. The molecule has 0 radical (unpaired) electrons. The van der Waals surface area contributed by atoms with Crippen LogP contribution in [0.1, 0.15) is 19.4 Å². The molecule has 0 saturated carbocycles. The number of halogens is 1. The summed E-state index contributed by atoms with van der Waals surface area (Å²) in [5, 5.41) is 0. The van der Waals surface area contributed by atoms with E-state index in [9.17, 15) is 21.6 Å². The third kappa shape index (κ3) is 4.29. The third-order valence-corrected chi connectivity index (χ3v) is 8.15. The second-order valence-electron chi connectivity index (χ2n) is 8.17. The van der Waals surface area contributed by atoms with Crippen molar-refractivity contribution in [2.75, 3.05) is 26.9 Å². The Bertz CT molecular complexity index is 1050. The molecule has 0 N–H and O–H groups in total. The van der Waals surface area contributed by atoms with Gasteiger partial charge in [-0.1, -0.05) is 26.0 Å². The summed E-state index contributed by atoms with van der Waals surface area (Å²) in [7, 11) is -3.88. The standard InChI is InChI=1S/C19H27N3O5S2.ClH/c1-13(2)17-18-16(22(19(17)23)28(5,24)25)10-11-21(18)29(26,27)15-8-6-14(7-9-15)12-20(3)4;/h6-10,13,17-18H,11-12H2,1-5H3;1H/t17-,18+;/m1./s1. The lowest BCUT2D eigenvalue weighted by molar-refractivity contribution is -0.128. The summed E-state index contributed by atoms with van der Waals surface area (Å²) in [4.78, 5) is 15.0. The second-order valence-corrected chi connectivity index (χ2v) is 11.9. The molecule has 2 aliphatic heterocycles. The van der Waals surface area contributed by atoms with Gasteiger partial charge in [0.25, 0.3) is 0 Å². The van der Waals surface area contributed by atoms with Crippen molar-refractivity contribution in [3.05, 3.63) is 41.6 Å². The summed E-state index contributed by atoms with van der Waals surface area (Å²) in [5.41, 5.74) is 1.22. The first-order valence-electron chi connectivity index (χ1n) is 9.35. The predicted octanol–water partition coefficient (Wildman–Crippen LogP) is 1.50. The van der Waals surface area contributed by atoms with Gasteiger partial charge in [-0.15, -0.1) is 12.4 Å². The number of hydrogen-bond acceptors (Lipinski definition) is 6. The summed E-state index contributed by atoms with van der Waals surface area (Å²) in [6, 6.07) is 5.83. The van der Waals surface area contributed by atoms with E-state index in [2.05, 4.69) is 0 Å². The fourth-order valence-electron chi connectivity index (χ4n) is 4.05. The highest BCUT2D eigenvalue weighted by molar-refractivity contribution is 7.89. The molecule has 0 unspecified atom stereocenters.